The summed E-state index contributed by atoms with van der Waals surface area (Å²) in [4.78, 5) is 25.5. The lowest BCUT2D eigenvalue weighted by molar-refractivity contribution is 0.538. The molecule has 1 aliphatic rings. The van der Waals surface area contributed by atoms with Crippen molar-refractivity contribution in [3.05, 3.63) is 46.5 Å². The van der Waals surface area contributed by atoms with Crippen molar-refractivity contribution in [1.82, 2.24) is 14.5 Å². The van der Waals surface area contributed by atoms with Gasteiger partial charge < -0.3 is 18.8 Å². The Morgan fingerprint density at radius 2 is 1.92 bits per heavy atom. The van der Waals surface area contributed by atoms with E-state index >= 15 is 0 Å². The number of hydrogen-bond acceptors (Lipinski definition) is 6. The van der Waals surface area contributed by atoms with Crippen LogP contribution in [0.4, 0.5) is 11.8 Å². The summed E-state index contributed by atoms with van der Waals surface area (Å²) in [6.07, 6.45) is 3.41. The van der Waals surface area contributed by atoms with Crippen molar-refractivity contribution in [2.24, 2.45) is 0 Å². The van der Waals surface area contributed by atoms with Crippen molar-refractivity contribution >= 4 is 22.9 Å². The fourth-order valence-electron chi connectivity index (χ4n) is 3.17. The maximum Gasteiger partial charge on any atom is 0.298 e. The first-order valence-electron chi connectivity index (χ1n) is 8.58. The predicted octanol–water partition coefficient (Wildman–Crippen LogP) is 2.04. The van der Waals surface area contributed by atoms with E-state index in [0.29, 0.717) is 31.5 Å². The third-order valence-corrected chi connectivity index (χ3v) is 4.62. The number of benzene rings is 1. The summed E-state index contributed by atoms with van der Waals surface area (Å²) in [5.74, 6) is 0.525. The lowest BCUT2D eigenvalue weighted by Gasteiger charge is -2.34. The van der Waals surface area contributed by atoms with Gasteiger partial charge in [-0.2, -0.15) is 4.98 Å². The van der Waals surface area contributed by atoms with Gasteiger partial charge in [0.25, 0.3) is 11.6 Å². The smallest absolute Gasteiger partial charge is 0.298 e. The molecule has 3 heterocycles. The maximum atomic E-state index is 12.4. The normalized spacial score (nSPS) is 15.1. The third-order valence-electron chi connectivity index (χ3n) is 4.62. The number of nitrogens with zero attached hydrogens (tertiary/aromatic N) is 5. The van der Waals surface area contributed by atoms with Crippen LogP contribution < -0.4 is 15.4 Å². The Kier molecular flexibility index (Phi) is 3.91. The Morgan fingerprint density at radius 1 is 1.16 bits per heavy atom. The summed E-state index contributed by atoms with van der Waals surface area (Å²) in [6, 6.07) is 6.65. The van der Waals surface area contributed by atoms with Gasteiger partial charge in [-0.1, -0.05) is 6.07 Å². The molecule has 0 radical (unpaired) electrons. The van der Waals surface area contributed by atoms with E-state index < -0.39 is 0 Å². The fourth-order valence-corrected chi connectivity index (χ4v) is 3.17. The molecule has 1 fully saturated rings. The highest BCUT2D eigenvalue weighted by Crippen LogP contribution is 2.24. The van der Waals surface area contributed by atoms with Crippen LogP contribution >= 0.6 is 0 Å². The minimum absolute atomic E-state index is 0.0317. The summed E-state index contributed by atoms with van der Waals surface area (Å²) < 4.78 is 7.56. The van der Waals surface area contributed by atoms with Gasteiger partial charge in [-0.25, -0.2) is 4.98 Å². The molecule has 0 bridgehead atoms. The van der Waals surface area contributed by atoms with Gasteiger partial charge in [0.2, 0.25) is 0 Å². The van der Waals surface area contributed by atoms with Crippen molar-refractivity contribution in [3.8, 4) is 0 Å². The number of anilines is 2. The van der Waals surface area contributed by atoms with Crippen molar-refractivity contribution in [3.63, 3.8) is 0 Å². The van der Waals surface area contributed by atoms with Gasteiger partial charge in [0, 0.05) is 45.1 Å². The molecule has 1 aliphatic heterocycles. The zero-order valence-electron chi connectivity index (χ0n) is 14.5. The van der Waals surface area contributed by atoms with Crippen LogP contribution in [0, 0.1) is 6.92 Å². The van der Waals surface area contributed by atoms with E-state index in [2.05, 4.69) is 14.9 Å². The Bertz CT molecular complexity index is 953. The first-order chi connectivity index (χ1) is 12.2. The summed E-state index contributed by atoms with van der Waals surface area (Å²) in [5.41, 5.74) is 2.82. The molecular formula is C18H21N5O2. The first-order valence-corrected chi connectivity index (χ1v) is 8.58. The van der Waals surface area contributed by atoms with Crippen molar-refractivity contribution in [1.29, 1.82) is 0 Å². The van der Waals surface area contributed by atoms with Gasteiger partial charge in [-0.3, -0.25) is 4.79 Å². The zero-order valence-corrected chi connectivity index (χ0v) is 14.5. The Balaban J connectivity index is 1.52. The molecule has 0 saturated carbocycles. The number of fused-ring (bicyclic) bond motifs is 1. The minimum atomic E-state index is -0.0317. The second-order valence-corrected chi connectivity index (χ2v) is 6.28. The molecule has 0 aliphatic carbocycles. The molecule has 7 heteroatoms. The number of aryl methyl sites for hydroxylation is 2. The highest BCUT2D eigenvalue weighted by Gasteiger charge is 2.23. The van der Waals surface area contributed by atoms with Crippen LogP contribution in [0.3, 0.4) is 0 Å². The molecule has 2 aromatic heterocycles. The van der Waals surface area contributed by atoms with Crippen LogP contribution in [0.1, 0.15) is 12.5 Å². The van der Waals surface area contributed by atoms with Crippen molar-refractivity contribution in [2.45, 2.75) is 20.4 Å². The quantitative estimate of drug-likeness (QED) is 0.727. The van der Waals surface area contributed by atoms with Crippen molar-refractivity contribution in [2.75, 3.05) is 36.0 Å². The van der Waals surface area contributed by atoms with Gasteiger partial charge >= 0.3 is 0 Å². The lowest BCUT2D eigenvalue weighted by Crippen LogP contribution is -2.48. The number of oxazole rings is 1. The average molecular weight is 339 g/mol. The van der Waals surface area contributed by atoms with Crippen LogP contribution in [0.15, 0.2) is 39.8 Å². The number of hydrogen-bond donors (Lipinski definition) is 0. The number of rotatable bonds is 3. The molecule has 4 rings (SSSR count). The summed E-state index contributed by atoms with van der Waals surface area (Å²) in [7, 11) is 0. The van der Waals surface area contributed by atoms with Crippen LogP contribution in [-0.2, 0) is 6.54 Å². The van der Waals surface area contributed by atoms with Gasteiger partial charge in [-0.15, -0.1) is 0 Å². The van der Waals surface area contributed by atoms with E-state index in [1.807, 2.05) is 36.9 Å². The molecule has 0 amide bonds. The first kappa shape index (κ1) is 15.7. The molecule has 0 unspecified atom stereocenters. The third kappa shape index (κ3) is 2.86. The summed E-state index contributed by atoms with van der Waals surface area (Å²) in [5, 5.41) is 0. The standard InChI is InChI=1S/C18H21N5O2/c1-3-21-7-6-19-16(17(21)24)22-8-10-23(11-9-22)18-20-14-12-13(2)4-5-15(14)25-18/h4-7,12H,3,8-11H2,1-2H3. The van der Waals surface area contributed by atoms with Crippen molar-refractivity contribution < 1.29 is 4.42 Å². The van der Waals surface area contributed by atoms with Gasteiger partial charge in [0.1, 0.15) is 5.52 Å². The lowest BCUT2D eigenvalue weighted by atomic mass is 10.2. The van der Waals surface area contributed by atoms with E-state index in [0.717, 1.165) is 24.2 Å². The van der Waals surface area contributed by atoms with E-state index in [4.69, 9.17) is 4.42 Å². The van der Waals surface area contributed by atoms with Crippen LogP contribution in [0.5, 0.6) is 0 Å². The minimum Gasteiger partial charge on any atom is -0.423 e. The Labute approximate surface area is 145 Å². The number of aromatic nitrogens is 3. The largest absolute Gasteiger partial charge is 0.423 e. The van der Waals surface area contributed by atoms with Gasteiger partial charge in [-0.05, 0) is 31.5 Å². The van der Waals surface area contributed by atoms with Gasteiger partial charge in [0.05, 0.1) is 0 Å². The number of piperazine rings is 1. The van der Waals surface area contributed by atoms with E-state index in [1.54, 1.807) is 17.0 Å². The molecule has 25 heavy (non-hydrogen) atoms. The second-order valence-electron chi connectivity index (χ2n) is 6.28. The summed E-state index contributed by atoms with van der Waals surface area (Å²) in [6.45, 7) is 7.57. The highest BCUT2D eigenvalue weighted by molar-refractivity contribution is 5.75. The summed E-state index contributed by atoms with van der Waals surface area (Å²) >= 11 is 0. The Morgan fingerprint density at radius 3 is 2.68 bits per heavy atom. The second kappa shape index (κ2) is 6.23. The van der Waals surface area contributed by atoms with E-state index in [9.17, 15) is 4.79 Å². The SMILES string of the molecule is CCn1ccnc(N2CCN(c3nc4cc(C)ccc4o3)CC2)c1=O. The Hall–Kier alpha value is -2.83. The molecule has 0 atom stereocenters. The predicted molar refractivity (Wildman–Crippen MR) is 97.3 cm³/mol. The molecule has 1 aromatic carbocycles. The monoisotopic (exact) mass is 339 g/mol. The van der Waals surface area contributed by atoms with Crippen LogP contribution in [0.25, 0.3) is 11.1 Å². The van der Waals surface area contributed by atoms with Crippen LogP contribution in [0.2, 0.25) is 0 Å². The molecule has 0 spiro atoms. The molecule has 7 nitrogen and oxygen atoms in total. The maximum absolute atomic E-state index is 12.4. The van der Waals surface area contributed by atoms with Crippen LogP contribution in [-0.4, -0.2) is 40.7 Å². The van der Waals surface area contributed by atoms with E-state index in [-0.39, 0.29) is 5.56 Å². The van der Waals surface area contributed by atoms with E-state index in [1.165, 1.54) is 5.56 Å². The fraction of sp³-hybridized carbons (Fsp3) is 0.389. The topological polar surface area (TPSA) is 67.4 Å². The molecular weight excluding hydrogens is 318 g/mol. The molecule has 0 N–H and O–H groups in total. The highest BCUT2D eigenvalue weighted by atomic mass is 16.4. The molecule has 3 aromatic rings. The molecule has 130 valence electrons. The average Bonchev–Trinajstić information content (AvgIpc) is 3.05. The molecule has 1 saturated heterocycles. The zero-order chi connectivity index (χ0) is 17.4. The van der Waals surface area contributed by atoms with Gasteiger partial charge in [0.15, 0.2) is 11.4 Å².